The Morgan fingerprint density at radius 2 is 1.79 bits per heavy atom. The largest absolute Gasteiger partial charge is 0.398 e. The lowest BCUT2D eigenvalue weighted by Gasteiger charge is -2.11. The van der Waals surface area contributed by atoms with Gasteiger partial charge in [0.05, 0.1) is 17.3 Å². The highest BCUT2D eigenvalue weighted by Gasteiger charge is 2.20. The van der Waals surface area contributed by atoms with Gasteiger partial charge in [-0.1, -0.05) is 6.07 Å². The number of hydrogen-bond donors (Lipinski definition) is 2. The molecule has 0 spiro atoms. The molecule has 0 fully saturated rings. The van der Waals surface area contributed by atoms with Gasteiger partial charge in [0.25, 0.3) is 0 Å². The van der Waals surface area contributed by atoms with Gasteiger partial charge < -0.3 is 5.73 Å². The Balaban J connectivity index is 2.99. The SMILES string of the molecule is Cc1ccc(S(=O)(=O)CCOS(=O)(=O)O)c(C)c1N. The van der Waals surface area contributed by atoms with E-state index in [1.54, 1.807) is 19.9 Å². The Labute approximate surface area is 112 Å². The third-order valence-corrected chi connectivity index (χ3v) is 4.88. The Bertz CT molecular complexity index is 678. The number of nitrogens with two attached hydrogens (primary N) is 1. The molecule has 0 heterocycles. The number of hydrogen-bond acceptors (Lipinski definition) is 6. The quantitative estimate of drug-likeness (QED) is 0.598. The van der Waals surface area contributed by atoms with Crippen LogP contribution in [0.5, 0.6) is 0 Å². The summed E-state index contributed by atoms with van der Waals surface area (Å²) in [6.45, 7) is 2.66. The number of rotatable bonds is 5. The first-order chi connectivity index (χ1) is 8.54. The van der Waals surface area contributed by atoms with E-state index in [2.05, 4.69) is 4.18 Å². The maximum atomic E-state index is 12.0. The molecule has 0 amide bonds. The minimum Gasteiger partial charge on any atom is -0.398 e. The molecule has 0 saturated carbocycles. The number of anilines is 1. The molecule has 0 atom stereocenters. The van der Waals surface area contributed by atoms with Crippen molar-refractivity contribution < 1.29 is 25.6 Å². The molecule has 1 aromatic rings. The molecule has 1 rings (SSSR count). The summed E-state index contributed by atoms with van der Waals surface area (Å²) >= 11 is 0. The summed E-state index contributed by atoms with van der Waals surface area (Å²) in [5.74, 6) is -0.573. The Morgan fingerprint density at radius 3 is 2.32 bits per heavy atom. The second-order valence-corrected chi connectivity index (χ2v) is 7.16. The van der Waals surface area contributed by atoms with Crippen LogP contribution in [0.3, 0.4) is 0 Å². The molecule has 1 aromatic carbocycles. The van der Waals surface area contributed by atoms with E-state index in [-0.39, 0.29) is 4.90 Å². The van der Waals surface area contributed by atoms with Crippen LogP contribution in [0.2, 0.25) is 0 Å². The van der Waals surface area contributed by atoms with Gasteiger partial charge in [0.1, 0.15) is 0 Å². The Hall–Kier alpha value is -1.16. The van der Waals surface area contributed by atoms with E-state index < -0.39 is 32.6 Å². The van der Waals surface area contributed by atoms with Crippen molar-refractivity contribution in [1.29, 1.82) is 0 Å². The molecular formula is C10H15NO6S2. The van der Waals surface area contributed by atoms with Crippen molar-refractivity contribution in [3.63, 3.8) is 0 Å². The van der Waals surface area contributed by atoms with Crippen molar-refractivity contribution in [3.8, 4) is 0 Å². The fraction of sp³-hybridized carbons (Fsp3) is 0.400. The Kier molecular flexibility index (Phi) is 4.56. The monoisotopic (exact) mass is 309 g/mol. The van der Waals surface area contributed by atoms with Gasteiger partial charge in [-0.05, 0) is 31.0 Å². The van der Waals surface area contributed by atoms with Gasteiger partial charge in [-0.2, -0.15) is 8.42 Å². The lowest BCUT2D eigenvalue weighted by atomic mass is 10.1. The topological polar surface area (TPSA) is 124 Å². The molecule has 0 bridgehead atoms. The zero-order valence-electron chi connectivity index (χ0n) is 10.5. The molecule has 9 heteroatoms. The van der Waals surface area contributed by atoms with E-state index in [4.69, 9.17) is 10.3 Å². The van der Waals surface area contributed by atoms with Crippen LogP contribution in [0, 0.1) is 13.8 Å². The van der Waals surface area contributed by atoms with Crippen LogP contribution < -0.4 is 5.73 Å². The highest BCUT2D eigenvalue weighted by atomic mass is 32.3. The van der Waals surface area contributed by atoms with Gasteiger partial charge >= 0.3 is 10.4 Å². The van der Waals surface area contributed by atoms with Gasteiger partial charge in [-0.25, -0.2) is 12.6 Å². The fourth-order valence-corrected chi connectivity index (χ4v) is 3.31. The first-order valence-corrected chi connectivity index (χ1v) is 8.26. The van der Waals surface area contributed by atoms with E-state index in [1.165, 1.54) is 6.07 Å². The standard InChI is InChI=1S/C10H15NO6S2/c1-7-3-4-9(8(2)10(7)11)18(12,13)6-5-17-19(14,15)16/h3-4H,5-6,11H2,1-2H3,(H,14,15,16). The molecule has 0 aliphatic carbocycles. The molecular weight excluding hydrogens is 294 g/mol. The van der Waals surface area contributed by atoms with Gasteiger partial charge in [0.2, 0.25) is 0 Å². The third kappa shape index (κ3) is 4.16. The average molecular weight is 309 g/mol. The molecule has 0 saturated heterocycles. The van der Waals surface area contributed by atoms with Crippen molar-refractivity contribution in [2.24, 2.45) is 0 Å². The molecule has 0 aliphatic heterocycles. The normalized spacial score (nSPS) is 12.6. The molecule has 19 heavy (non-hydrogen) atoms. The van der Waals surface area contributed by atoms with Crippen molar-refractivity contribution in [2.45, 2.75) is 18.7 Å². The molecule has 7 nitrogen and oxygen atoms in total. The van der Waals surface area contributed by atoms with Crippen LogP contribution in [-0.4, -0.2) is 33.7 Å². The third-order valence-electron chi connectivity index (χ3n) is 2.60. The first-order valence-electron chi connectivity index (χ1n) is 5.25. The van der Waals surface area contributed by atoms with Crippen molar-refractivity contribution in [2.75, 3.05) is 18.1 Å². The van der Waals surface area contributed by atoms with Crippen LogP contribution in [0.1, 0.15) is 11.1 Å². The molecule has 0 aliphatic rings. The predicted molar refractivity (Wildman–Crippen MR) is 69.9 cm³/mol. The number of aryl methyl sites for hydroxylation is 1. The molecule has 108 valence electrons. The predicted octanol–water partition coefficient (Wildman–Crippen LogP) is 0.479. The Morgan fingerprint density at radius 1 is 1.21 bits per heavy atom. The minimum atomic E-state index is -4.64. The number of nitrogen functional groups attached to an aromatic ring is 1. The van der Waals surface area contributed by atoms with Crippen LogP contribution >= 0.6 is 0 Å². The average Bonchev–Trinajstić information content (AvgIpc) is 2.23. The summed E-state index contributed by atoms with van der Waals surface area (Å²) in [5.41, 5.74) is 7.28. The van der Waals surface area contributed by atoms with E-state index in [9.17, 15) is 16.8 Å². The van der Waals surface area contributed by atoms with Crippen molar-refractivity contribution >= 4 is 25.9 Å². The van der Waals surface area contributed by atoms with E-state index in [0.29, 0.717) is 11.3 Å². The van der Waals surface area contributed by atoms with Gasteiger partial charge in [0, 0.05) is 5.69 Å². The second-order valence-electron chi connectivity index (χ2n) is 3.99. The van der Waals surface area contributed by atoms with Gasteiger partial charge in [-0.3, -0.25) is 4.55 Å². The maximum absolute atomic E-state index is 12.0. The highest BCUT2D eigenvalue weighted by Crippen LogP contribution is 2.24. The molecule has 0 radical (unpaired) electrons. The summed E-state index contributed by atoms with van der Waals surface area (Å²) in [7, 11) is -8.38. The number of sulfone groups is 1. The summed E-state index contributed by atoms with van der Waals surface area (Å²) in [5, 5.41) is 0. The van der Waals surface area contributed by atoms with E-state index in [1.807, 2.05) is 0 Å². The maximum Gasteiger partial charge on any atom is 0.397 e. The highest BCUT2D eigenvalue weighted by molar-refractivity contribution is 7.91. The zero-order valence-corrected chi connectivity index (χ0v) is 12.1. The minimum absolute atomic E-state index is 0.0227. The van der Waals surface area contributed by atoms with E-state index in [0.717, 1.165) is 5.56 Å². The van der Waals surface area contributed by atoms with Crippen LogP contribution in [-0.2, 0) is 24.4 Å². The summed E-state index contributed by atoms with van der Waals surface area (Å²) in [6, 6.07) is 2.97. The second kappa shape index (κ2) is 5.45. The summed E-state index contributed by atoms with van der Waals surface area (Å²) in [4.78, 5) is 0.0227. The van der Waals surface area contributed by atoms with Gasteiger partial charge in [-0.15, -0.1) is 0 Å². The van der Waals surface area contributed by atoms with Crippen LogP contribution in [0.4, 0.5) is 5.69 Å². The fourth-order valence-electron chi connectivity index (χ4n) is 1.54. The summed E-state index contributed by atoms with van der Waals surface area (Å²) < 4.78 is 57.0. The lowest BCUT2D eigenvalue weighted by molar-refractivity contribution is 0.284. The first kappa shape index (κ1) is 15.9. The lowest BCUT2D eigenvalue weighted by Crippen LogP contribution is -2.16. The molecule has 0 unspecified atom stereocenters. The summed E-state index contributed by atoms with van der Waals surface area (Å²) in [6.07, 6.45) is 0. The zero-order chi connectivity index (χ0) is 14.8. The van der Waals surface area contributed by atoms with Crippen molar-refractivity contribution in [3.05, 3.63) is 23.3 Å². The van der Waals surface area contributed by atoms with Gasteiger partial charge in [0.15, 0.2) is 9.84 Å². The molecule has 0 aromatic heterocycles. The molecule has 3 N–H and O–H groups in total. The smallest absolute Gasteiger partial charge is 0.397 e. The van der Waals surface area contributed by atoms with Crippen LogP contribution in [0.15, 0.2) is 17.0 Å². The van der Waals surface area contributed by atoms with Crippen LogP contribution in [0.25, 0.3) is 0 Å². The number of benzene rings is 1. The van der Waals surface area contributed by atoms with Crippen molar-refractivity contribution in [1.82, 2.24) is 0 Å². The van der Waals surface area contributed by atoms with E-state index >= 15 is 0 Å².